The van der Waals surface area contributed by atoms with E-state index in [-0.39, 0.29) is 0 Å². The Morgan fingerprint density at radius 3 is 2.08 bits per heavy atom. The number of nitrogens with one attached hydrogen (secondary N) is 2. The third kappa shape index (κ3) is 8.22. The summed E-state index contributed by atoms with van der Waals surface area (Å²) in [6, 6.07) is 4.73. The second-order valence-electron chi connectivity index (χ2n) is 5.33. The smallest absolute Gasteiger partial charge is 0.229 e. The van der Waals surface area contributed by atoms with E-state index in [4.69, 9.17) is 0 Å². The molecule has 0 aromatic heterocycles. The van der Waals surface area contributed by atoms with Gasteiger partial charge in [-0.3, -0.25) is 9.44 Å². The Kier molecular flexibility index (Phi) is 7.84. The van der Waals surface area contributed by atoms with Gasteiger partial charge in [0.15, 0.2) is 0 Å². The van der Waals surface area contributed by atoms with Crippen LogP contribution >= 0.6 is 11.8 Å². The van der Waals surface area contributed by atoms with Crippen LogP contribution in [-0.2, 0) is 20.0 Å². The first kappa shape index (κ1) is 21.1. The van der Waals surface area contributed by atoms with Crippen molar-refractivity contribution >= 4 is 43.2 Å². The molecule has 0 amide bonds. The number of nitrogens with zero attached hydrogens (tertiary/aromatic N) is 1. The molecule has 138 valence electrons. The van der Waals surface area contributed by atoms with Gasteiger partial charge in [0.1, 0.15) is 0 Å². The van der Waals surface area contributed by atoms with Crippen molar-refractivity contribution in [2.45, 2.75) is 18.7 Å². The molecule has 1 aromatic rings. The molecule has 1 rings (SSSR count). The van der Waals surface area contributed by atoms with Gasteiger partial charge in [-0.25, -0.2) is 16.8 Å². The number of thioether (sulfide) groups is 1. The van der Waals surface area contributed by atoms with Crippen molar-refractivity contribution in [1.82, 2.24) is 4.90 Å². The third-order valence-electron chi connectivity index (χ3n) is 3.14. The van der Waals surface area contributed by atoms with E-state index < -0.39 is 20.0 Å². The minimum atomic E-state index is -3.41. The molecular formula is C14H25N3O4S3. The molecule has 0 bridgehead atoms. The van der Waals surface area contributed by atoms with Crippen LogP contribution in [0, 0.1) is 0 Å². The van der Waals surface area contributed by atoms with Crippen molar-refractivity contribution < 1.29 is 16.8 Å². The number of sulfonamides is 2. The highest BCUT2D eigenvalue weighted by atomic mass is 32.2. The molecule has 0 aliphatic heterocycles. The van der Waals surface area contributed by atoms with Gasteiger partial charge in [-0.1, -0.05) is 13.8 Å². The van der Waals surface area contributed by atoms with Gasteiger partial charge in [0.2, 0.25) is 20.0 Å². The Morgan fingerprint density at radius 1 is 1.00 bits per heavy atom. The summed E-state index contributed by atoms with van der Waals surface area (Å²) < 4.78 is 50.6. The normalized spacial score (nSPS) is 12.4. The van der Waals surface area contributed by atoms with Crippen LogP contribution in [0.1, 0.15) is 13.8 Å². The summed E-state index contributed by atoms with van der Waals surface area (Å²) in [5, 5.41) is 0. The predicted octanol–water partition coefficient (Wildman–Crippen LogP) is 1.86. The zero-order valence-electron chi connectivity index (χ0n) is 14.4. The Morgan fingerprint density at radius 2 is 1.58 bits per heavy atom. The van der Waals surface area contributed by atoms with Gasteiger partial charge in [-0.2, -0.15) is 0 Å². The molecular weight excluding hydrogens is 370 g/mol. The van der Waals surface area contributed by atoms with Crippen molar-refractivity contribution in [3.8, 4) is 0 Å². The fourth-order valence-corrected chi connectivity index (χ4v) is 4.28. The summed E-state index contributed by atoms with van der Waals surface area (Å²) in [6.07, 6.45) is 2.16. The first-order chi connectivity index (χ1) is 11.0. The van der Waals surface area contributed by atoms with Gasteiger partial charge in [0.25, 0.3) is 0 Å². The summed E-state index contributed by atoms with van der Waals surface area (Å²) in [5.41, 5.74) is 0.850. The summed E-state index contributed by atoms with van der Waals surface area (Å²) >= 11 is 1.48. The number of rotatable bonds is 10. The van der Waals surface area contributed by atoms with E-state index >= 15 is 0 Å². The molecule has 0 unspecified atom stereocenters. The Labute approximate surface area is 149 Å². The largest absolute Gasteiger partial charge is 0.303 e. The second-order valence-corrected chi connectivity index (χ2v) is 9.97. The molecule has 1 aromatic carbocycles. The van der Waals surface area contributed by atoms with Crippen molar-refractivity contribution in [3.63, 3.8) is 0 Å². The van der Waals surface area contributed by atoms with Crippen LogP contribution < -0.4 is 9.44 Å². The minimum absolute atomic E-state index is 0.405. The fourth-order valence-electron chi connectivity index (χ4n) is 2.03. The molecule has 10 heteroatoms. The fraction of sp³-hybridized carbons (Fsp3) is 0.571. The first-order valence-corrected chi connectivity index (χ1v) is 12.3. The number of benzene rings is 1. The van der Waals surface area contributed by atoms with E-state index in [0.717, 1.165) is 37.9 Å². The minimum Gasteiger partial charge on any atom is -0.303 e. The summed E-state index contributed by atoms with van der Waals surface area (Å²) in [6.45, 7) is 6.92. The van der Waals surface area contributed by atoms with Gasteiger partial charge in [0.05, 0.1) is 18.2 Å². The molecule has 0 spiro atoms. The molecule has 0 aliphatic rings. The van der Waals surface area contributed by atoms with Gasteiger partial charge in [0, 0.05) is 22.9 Å². The lowest BCUT2D eigenvalue weighted by Gasteiger charge is -2.18. The highest BCUT2D eigenvalue weighted by Gasteiger charge is 2.11. The molecule has 0 saturated carbocycles. The molecule has 7 nitrogen and oxygen atoms in total. The van der Waals surface area contributed by atoms with E-state index in [0.29, 0.717) is 16.3 Å². The van der Waals surface area contributed by atoms with Crippen LogP contribution in [0.4, 0.5) is 11.4 Å². The van der Waals surface area contributed by atoms with E-state index in [9.17, 15) is 16.8 Å². The number of hydrogen-bond donors (Lipinski definition) is 2. The average molecular weight is 396 g/mol. The van der Waals surface area contributed by atoms with Crippen LogP contribution in [0.15, 0.2) is 23.1 Å². The zero-order valence-corrected chi connectivity index (χ0v) is 16.8. The first-order valence-electron chi connectivity index (χ1n) is 7.49. The van der Waals surface area contributed by atoms with Crippen molar-refractivity contribution in [3.05, 3.63) is 18.2 Å². The maximum atomic E-state index is 11.5. The second kappa shape index (κ2) is 8.93. The van der Waals surface area contributed by atoms with Gasteiger partial charge >= 0.3 is 0 Å². The lowest BCUT2D eigenvalue weighted by Crippen LogP contribution is -2.25. The SMILES string of the molecule is CCN(CC)CCSc1cc(NS(C)(=O)=O)ccc1NS(C)(=O)=O. The maximum Gasteiger partial charge on any atom is 0.229 e. The third-order valence-corrected chi connectivity index (χ3v) is 5.37. The van der Waals surface area contributed by atoms with Crippen LogP contribution in [0.3, 0.4) is 0 Å². The van der Waals surface area contributed by atoms with Gasteiger partial charge < -0.3 is 4.90 Å². The molecule has 0 atom stereocenters. The van der Waals surface area contributed by atoms with E-state index in [1.54, 1.807) is 12.1 Å². The Bertz CT molecular complexity index is 745. The summed E-state index contributed by atoms with van der Waals surface area (Å²) in [7, 11) is -6.80. The van der Waals surface area contributed by atoms with E-state index in [2.05, 4.69) is 28.2 Å². The van der Waals surface area contributed by atoms with Crippen molar-refractivity contribution in [2.24, 2.45) is 0 Å². The van der Waals surface area contributed by atoms with Gasteiger partial charge in [-0.15, -0.1) is 11.8 Å². The van der Waals surface area contributed by atoms with Crippen molar-refractivity contribution in [2.75, 3.05) is 47.3 Å². The summed E-state index contributed by atoms with van der Waals surface area (Å²) in [5.74, 6) is 0.766. The van der Waals surface area contributed by atoms with Crippen LogP contribution in [0.25, 0.3) is 0 Å². The molecule has 0 aliphatic carbocycles. The molecule has 0 saturated heterocycles. The molecule has 0 heterocycles. The zero-order chi connectivity index (χ0) is 18.4. The van der Waals surface area contributed by atoms with E-state index in [1.807, 2.05) is 0 Å². The van der Waals surface area contributed by atoms with Crippen LogP contribution in [0.2, 0.25) is 0 Å². The quantitative estimate of drug-likeness (QED) is 0.587. The predicted molar refractivity (Wildman–Crippen MR) is 102 cm³/mol. The Balaban J connectivity index is 2.99. The van der Waals surface area contributed by atoms with Crippen LogP contribution in [0.5, 0.6) is 0 Å². The Hall–Kier alpha value is -0.970. The number of hydrogen-bond acceptors (Lipinski definition) is 6. The highest BCUT2D eigenvalue weighted by molar-refractivity contribution is 7.99. The lowest BCUT2D eigenvalue weighted by molar-refractivity contribution is 0.324. The van der Waals surface area contributed by atoms with Crippen molar-refractivity contribution in [1.29, 1.82) is 0 Å². The topological polar surface area (TPSA) is 95.6 Å². The molecule has 0 radical (unpaired) electrons. The highest BCUT2D eigenvalue weighted by Crippen LogP contribution is 2.31. The standard InChI is InChI=1S/C14H25N3O4S3/c1-5-17(6-2)9-10-22-14-11-12(15-23(3,18)19)7-8-13(14)16-24(4,20)21/h7-8,11,15-16H,5-6,9-10H2,1-4H3. The molecule has 24 heavy (non-hydrogen) atoms. The molecule has 0 fully saturated rings. The number of anilines is 2. The maximum absolute atomic E-state index is 11.5. The van der Waals surface area contributed by atoms with E-state index in [1.165, 1.54) is 17.8 Å². The van der Waals surface area contributed by atoms with Crippen LogP contribution in [-0.4, -0.2) is 59.6 Å². The van der Waals surface area contributed by atoms with Gasteiger partial charge in [-0.05, 0) is 31.3 Å². The monoisotopic (exact) mass is 395 g/mol. The summed E-state index contributed by atoms with van der Waals surface area (Å²) in [4.78, 5) is 2.94. The average Bonchev–Trinajstić information content (AvgIpc) is 2.43. The lowest BCUT2D eigenvalue weighted by atomic mass is 10.3. The molecule has 2 N–H and O–H groups in total.